The minimum atomic E-state index is 1.07. The van der Waals surface area contributed by atoms with Gasteiger partial charge in [0.05, 0.1) is 0 Å². The van der Waals surface area contributed by atoms with Gasteiger partial charge >= 0.3 is 0 Å². The number of alkyl halides is 1. The van der Waals surface area contributed by atoms with E-state index in [1.165, 1.54) is 37.4 Å². The Balaban J connectivity index is 1.89. The van der Waals surface area contributed by atoms with Crippen molar-refractivity contribution in [2.75, 3.05) is 5.33 Å². The van der Waals surface area contributed by atoms with E-state index in [4.69, 9.17) is 0 Å². The van der Waals surface area contributed by atoms with E-state index in [1.54, 1.807) is 0 Å². The van der Waals surface area contributed by atoms with Crippen molar-refractivity contribution in [3.63, 3.8) is 0 Å². The van der Waals surface area contributed by atoms with Crippen LogP contribution in [0.25, 0.3) is 0 Å². The molecule has 2 aliphatic carbocycles. The van der Waals surface area contributed by atoms with Gasteiger partial charge in [-0.2, -0.15) is 0 Å². The fourth-order valence-corrected chi connectivity index (χ4v) is 3.51. The van der Waals surface area contributed by atoms with Crippen molar-refractivity contribution in [3.05, 3.63) is 0 Å². The van der Waals surface area contributed by atoms with E-state index in [2.05, 4.69) is 15.9 Å². The molecule has 1 heteroatoms. The Morgan fingerprint density at radius 1 is 1.00 bits per heavy atom. The summed E-state index contributed by atoms with van der Waals surface area (Å²) in [6.45, 7) is 0. The Morgan fingerprint density at radius 3 is 2.10 bits per heavy atom. The summed E-state index contributed by atoms with van der Waals surface area (Å²) in [4.78, 5) is 0. The van der Waals surface area contributed by atoms with Gasteiger partial charge in [-0.3, -0.25) is 0 Å². The zero-order valence-electron chi connectivity index (χ0n) is 6.35. The van der Waals surface area contributed by atoms with Crippen molar-refractivity contribution in [2.45, 2.75) is 32.1 Å². The molecular weight excluding hydrogens is 188 g/mol. The lowest BCUT2D eigenvalue weighted by atomic mass is 10.1. The molecule has 2 saturated carbocycles. The highest BCUT2D eigenvalue weighted by molar-refractivity contribution is 9.09. The maximum Gasteiger partial charge on any atom is 0.00651 e. The molecular formula is C9H15Br. The highest BCUT2D eigenvalue weighted by atomic mass is 79.9. The van der Waals surface area contributed by atoms with E-state index < -0.39 is 0 Å². The maximum atomic E-state index is 3.59. The lowest BCUT2D eigenvalue weighted by molar-refractivity contribution is 0.597. The fourth-order valence-electron chi connectivity index (χ4n) is 2.55. The Hall–Kier alpha value is 0.480. The van der Waals surface area contributed by atoms with E-state index >= 15 is 0 Å². The molecule has 0 aromatic rings. The molecule has 2 unspecified atom stereocenters. The molecule has 0 nitrogen and oxygen atoms in total. The number of halogens is 1. The number of fused-ring (bicyclic) bond motifs is 1. The first-order chi connectivity index (χ1) is 4.93. The van der Waals surface area contributed by atoms with E-state index in [-0.39, 0.29) is 0 Å². The molecule has 10 heavy (non-hydrogen) atoms. The van der Waals surface area contributed by atoms with Crippen LogP contribution in [0.4, 0.5) is 0 Å². The van der Waals surface area contributed by atoms with Crippen LogP contribution >= 0.6 is 15.9 Å². The summed E-state index contributed by atoms with van der Waals surface area (Å²) in [5, 5.41) is 1.27. The van der Waals surface area contributed by atoms with Crippen LogP contribution in [-0.2, 0) is 0 Å². The first-order valence-electron chi connectivity index (χ1n) is 4.49. The number of hydrogen-bond acceptors (Lipinski definition) is 0. The average molecular weight is 203 g/mol. The van der Waals surface area contributed by atoms with Gasteiger partial charge in [-0.25, -0.2) is 0 Å². The minimum Gasteiger partial charge on any atom is -0.0925 e. The molecule has 0 bridgehead atoms. The van der Waals surface area contributed by atoms with Crippen LogP contribution in [-0.4, -0.2) is 5.33 Å². The summed E-state index contributed by atoms with van der Waals surface area (Å²) in [6, 6.07) is 0. The zero-order chi connectivity index (χ0) is 6.97. The normalized spacial score (nSPS) is 45.9. The second kappa shape index (κ2) is 2.84. The molecule has 0 radical (unpaired) electrons. The third-order valence-corrected chi connectivity index (χ3v) is 4.01. The first kappa shape index (κ1) is 7.15. The smallest absolute Gasteiger partial charge is 0.00651 e. The van der Waals surface area contributed by atoms with Crippen LogP contribution in [0.1, 0.15) is 32.1 Å². The molecule has 0 spiro atoms. The quantitative estimate of drug-likeness (QED) is 0.574. The molecule has 0 N–H and O–H groups in total. The van der Waals surface area contributed by atoms with Crippen molar-refractivity contribution in [1.82, 2.24) is 0 Å². The summed E-state index contributed by atoms with van der Waals surface area (Å²) in [5.41, 5.74) is 0. The SMILES string of the molecule is BrCC1C2CCCCCC12. The van der Waals surface area contributed by atoms with Crippen LogP contribution in [0.5, 0.6) is 0 Å². The summed E-state index contributed by atoms with van der Waals surface area (Å²) in [7, 11) is 0. The van der Waals surface area contributed by atoms with Gasteiger partial charge in [0.15, 0.2) is 0 Å². The molecule has 0 aromatic heterocycles. The van der Waals surface area contributed by atoms with Crippen molar-refractivity contribution in [1.29, 1.82) is 0 Å². The number of rotatable bonds is 1. The molecule has 0 heterocycles. The van der Waals surface area contributed by atoms with Gasteiger partial charge in [0.1, 0.15) is 0 Å². The molecule has 0 saturated heterocycles. The van der Waals surface area contributed by atoms with Crippen molar-refractivity contribution in [3.8, 4) is 0 Å². The second-order valence-corrected chi connectivity index (χ2v) is 4.43. The van der Waals surface area contributed by atoms with E-state index in [1.807, 2.05) is 0 Å². The van der Waals surface area contributed by atoms with Crippen LogP contribution in [0, 0.1) is 17.8 Å². The van der Waals surface area contributed by atoms with Crippen LogP contribution < -0.4 is 0 Å². The summed E-state index contributed by atoms with van der Waals surface area (Å²) >= 11 is 3.59. The summed E-state index contributed by atoms with van der Waals surface area (Å²) < 4.78 is 0. The van der Waals surface area contributed by atoms with Gasteiger partial charge in [-0.1, -0.05) is 35.2 Å². The molecule has 2 fully saturated rings. The minimum absolute atomic E-state index is 1.07. The Labute approximate surface area is 71.5 Å². The van der Waals surface area contributed by atoms with E-state index in [0.717, 1.165) is 17.8 Å². The fraction of sp³-hybridized carbons (Fsp3) is 1.00. The predicted molar refractivity (Wildman–Crippen MR) is 47.3 cm³/mol. The Kier molecular flexibility index (Phi) is 2.03. The molecule has 58 valence electrons. The van der Waals surface area contributed by atoms with Crippen molar-refractivity contribution in [2.24, 2.45) is 17.8 Å². The third kappa shape index (κ3) is 1.13. The summed E-state index contributed by atoms with van der Waals surface area (Å²) in [5.74, 6) is 3.32. The molecule has 0 amide bonds. The van der Waals surface area contributed by atoms with Gasteiger partial charge in [-0.15, -0.1) is 0 Å². The lowest BCUT2D eigenvalue weighted by Gasteiger charge is -1.96. The highest BCUT2D eigenvalue weighted by Gasteiger charge is 2.48. The molecule has 2 aliphatic rings. The van der Waals surface area contributed by atoms with Crippen molar-refractivity contribution < 1.29 is 0 Å². The van der Waals surface area contributed by atoms with Crippen LogP contribution in [0.3, 0.4) is 0 Å². The predicted octanol–water partition coefficient (Wildman–Crippen LogP) is 3.21. The third-order valence-electron chi connectivity index (χ3n) is 3.26. The molecule has 2 atom stereocenters. The van der Waals surface area contributed by atoms with Gasteiger partial charge in [0.2, 0.25) is 0 Å². The molecule has 2 rings (SSSR count). The van der Waals surface area contributed by atoms with Crippen LogP contribution in [0.15, 0.2) is 0 Å². The van der Waals surface area contributed by atoms with Crippen LogP contribution in [0.2, 0.25) is 0 Å². The van der Waals surface area contributed by atoms with Gasteiger partial charge in [0, 0.05) is 5.33 Å². The number of hydrogen-bond donors (Lipinski definition) is 0. The molecule has 0 aromatic carbocycles. The topological polar surface area (TPSA) is 0 Å². The van der Waals surface area contributed by atoms with Crippen molar-refractivity contribution >= 4 is 15.9 Å². The lowest BCUT2D eigenvalue weighted by Crippen LogP contribution is -1.86. The standard InChI is InChI=1S/C9H15Br/c10-6-9-7-4-2-1-3-5-8(7)9/h7-9H,1-6H2. The zero-order valence-corrected chi connectivity index (χ0v) is 7.94. The highest BCUT2D eigenvalue weighted by Crippen LogP contribution is 2.54. The van der Waals surface area contributed by atoms with Gasteiger partial charge < -0.3 is 0 Å². The van der Waals surface area contributed by atoms with Gasteiger partial charge in [0.25, 0.3) is 0 Å². The van der Waals surface area contributed by atoms with E-state index in [9.17, 15) is 0 Å². The largest absolute Gasteiger partial charge is 0.0925 e. The Morgan fingerprint density at radius 2 is 1.60 bits per heavy atom. The average Bonchev–Trinajstić information content (AvgIpc) is 2.59. The van der Waals surface area contributed by atoms with Gasteiger partial charge in [-0.05, 0) is 30.6 Å². The monoisotopic (exact) mass is 202 g/mol. The first-order valence-corrected chi connectivity index (χ1v) is 5.61. The summed E-state index contributed by atoms with van der Waals surface area (Å²) in [6.07, 6.45) is 7.57. The Bertz CT molecular complexity index is 110. The second-order valence-electron chi connectivity index (χ2n) is 3.78. The van der Waals surface area contributed by atoms with E-state index in [0.29, 0.717) is 0 Å². The molecule has 0 aliphatic heterocycles. The maximum absolute atomic E-state index is 3.59.